The zero-order chi connectivity index (χ0) is 9.27. The van der Waals surface area contributed by atoms with Gasteiger partial charge in [-0.15, -0.1) is 0 Å². The molecule has 3 aliphatic carbocycles. The Morgan fingerprint density at radius 1 is 1.08 bits per heavy atom. The largest absolute Gasteiger partial charge is 0.0622 e. The molecule has 0 radical (unpaired) electrons. The van der Waals surface area contributed by atoms with Gasteiger partial charge in [-0.1, -0.05) is 20.8 Å². The Hall–Kier alpha value is 0. The average Bonchev–Trinajstić information content (AvgIpc) is 2.76. The van der Waals surface area contributed by atoms with Crippen LogP contribution in [0.15, 0.2) is 0 Å². The van der Waals surface area contributed by atoms with Crippen molar-refractivity contribution in [2.75, 3.05) is 0 Å². The lowest BCUT2D eigenvalue weighted by Gasteiger charge is -2.48. The fraction of sp³-hybridized carbons (Fsp3) is 1.00. The van der Waals surface area contributed by atoms with Crippen LogP contribution in [0, 0.1) is 28.6 Å². The van der Waals surface area contributed by atoms with Crippen LogP contribution in [0.2, 0.25) is 0 Å². The molecular formula is C13H22. The summed E-state index contributed by atoms with van der Waals surface area (Å²) >= 11 is 0. The predicted molar refractivity (Wildman–Crippen MR) is 55.4 cm³/mol. The SMILES string of the molecule is CC1CCC23C[C@H]2CCC3(C)C1C. The smallest absolute Gasteiger partial charge is 0.0210 e. The van der Waals surface area contributed by atoms with Gasteiger partial charge in [-0.3, -0.25) is 0 Å². The van der Waals surface area contributed by atoms with Gasteiger partial charge in [0.05, 0.1) is 0 Å². The van der Waals surface area contributed by atoms with Crippen LogP contribution in [-0.4, -0.2) is 0 Å². The van der Waals surface area contributed by atoms with E-state index in [1.165, 1.54) is 12.8 Å². The number of hydrogen-bond donors (Lipinski definition) is 0. The summed E-state index contributed by atoms with van der Waals surface area (Å²) < 4.78 is 0. The van der Waals surface area contributed by atoms with Gasteiger partial charge < -0.3 is 0 Å². The molecule has 74 valence electrons. The van der Waals surface area contributed by atoms with Crippen molar-refractivity contribution in [1.29, 1.82) is 0 Å². The first-order valence-corrected chi connectivity index (χ1v) is 6.10. The number of rotatable bonds is 0. The van der Waals surface area contributed by atoms with Gasteiger partial charge in [-0.2, -0.15) is 0 Å². The molecule has 4 unspecified atom stereocenters. The van der Waals surface area contributed by atoms with Gasteiger partial charge in [0.1, 0.15) is 0 Å². The molecule has 0 heterocycles. The molecule has 0 bridgehead atoms. The maximum atomic E-state index is 2.60. The molecule has 3 rings (SSSR count). The first-order valence-electron chi connectivity index (χ1n) is 6.10. The summed E-state index contributed by atoms with van der Waals surface area (Å²) in [6, 6.07) is 0. The molecule has 0 nitrogen and oxygen atoms in total. The molecule has 1 spiro atoms. The second kappa shape index (κ2) is 2.15. The zero-order valence-electron chi connectivity index (χ0n) is 9.27. The molecule has 3 saturated carbocycles. The Morgan fingerprint density at radius 2 is 1.85 bits per heavy atom. The Balaban J connectivity index is 1.98. The molecule has 13 heavy (non-hydrogen) atoms. The van der Waals surface area contributed by atoms with Gasteiger partial charge in [0, 0.05) is 0 Å². The fourth-order valence-electron chi connectivity index (χ4n) is 4.82. The summed E-state index contributed by atoms with van der Waals surface area (Å²) in [5, 5.41) is 0. The third kappa shape index (κ3) is 0.750. The molecule has 0 aromatic carbocycles. The van der Waals surface area contributed by atoms with Gasteiger partial charge in [-0.05, 0) is 60.7 Å². The summed E-state index contributed by atoms with van der Waals surface area (Å²) in [6.07, 6.45) is 7.73. The summed E-state index contributed by atoms with van der Waals surface area (Å²) in [6.45, 7) is 7.59. The highest BCUT2D eigenvalue weighted by atomic mass is 14.7. The van der Waals surface area contributed by atoms with Gasteiger partial charge >= 0.3 is 0 Å². The van der Waals surface area contributed by atoms with E-state index in [1.54, 1.807) is 19.3 Å². The van der Waals surface area contributed by atoms with Crippen molar-refractivity contribution in [1.82, 2.24) is 0 Å². The van der Waals surface area contributed by atoms with Crippen LogP contribution in [-0.2, 0) is 0 Å². The van der Waals surface area contributed by atoms with Crippen LogP contribution < -0.4 is 0 Å². The van der Waals surface area contributed by atoms with Crippen molar-refractivity contribution in [2.45, 2.75) is 52.9 Å². The second-order valence-corrected chi connectivity index (χ2v) is 6.32. The van der Waals surface area contributed by atoms with Crippen molar-refractivity contribution in [3.8, 4) is 0 Å². The summed E-state index contributed by atoms with van der Waals surface area (Å²) in [4.78, 5) is 0. The highest BCUT2D eigenvalue weighted by molar-refractivity contribution is 5.19. The summed E-state index contributed by atoms with van der Waals surface area (Å²) in [5.41, 5.74) is 1.58. The fourth-order valence-corrected chi connectivity index (χ4v) is 4.82. The lowest BCUT2D eigenvalue weighted by Crippen LogP contribution is -2.41. The lowest BCUT2D eigenvalue weighted by molar-refractivity contribution is 0.00703. The quantitative estimate of drug-likeness (QED) is 0.528. The van der Waals surface area contributed by atoms with E-state index in [-0.39, 0.29) is 0 Å². The molecule has 0 aromatic rings. The average molecular weight is 178 g/mol. The normalized spacial score (nSPS) is 64.4. The van der Waals surface area contributed by atoms with E-state index in [9.17, 15) is 0 Å². The van der Waals surface area contributed by atoms with Gasteiger partial charge in [0.15, 0.2) is 0 Å². The first kappa shape index (κ1) is 8.32. The Labute approximate surface area is 82.1 Å². The molecule has 0 heteroatoms. The van der Waals surface area contributed by atoms with Gasteiger partial charge in [0.2, 0.25) is 0 Å². The summed E-state index contributed by atoms with van der Waals surface area (Å²) in [7, 11) is 0. The molecular weight excluding hydrogens is 156 g/mol. The van der Waals surface area contributed by atoms with Crippen LogP contribution in [0.5, 0.6) is 0 Å². The summed E-state index contributed by atoms with van der Waals surface area (Å²) in [5.74, 6) is 3.11. The van der Waals surface area contributed by atoms with Crippen LogP contribution >= 0.6 is 0 Å². The molecule has 0 aliphatic heterocycles. The van der Waals surface area contributed by atoms with Crippen molar-refractivity contribution in [3.05, 3.63) is 0 Å². The monoisotopic (exact) mass is 178 g/mol. The molecule has 3 aliphatic rings. The Bertz CT molecular complexity index is 244. The van der Waals surface area contributed by atoms with Gasteiger partial charge in [-0.25, -0.2) is 0 Å². The molecule has 5 atom stereocenters. The van der Waals surface area contributed by atoms with Crippen LogP contribution in [0.3, 0.4) is 0 Å². The predicted octanol–water partition coefficient (Wildman–Crippen LogP) is 3.86. The topological polar surface area (TPSA) is 0 Å². The van der Waals surface area contributed by atoms with E-state index in [1.807, 2.05) is 0 Å². The first-order chi connectivity index (χ1) is 6.10. The Kier molecular flexibility index (Phi) is 1.37. The standard InChI is InChI=1S/C13H22/c1-9-4-7-13-8-11(13)5-6-12(13,3)10(9)2/h9-11H,4-8H2,1-3H3/t9?,10?,11-,12?,13?/m1/s1. The van der Waals surface area contributed by atoms with Gasteiger partial charge in [0.25, 0.3) is 0 Å². The zero-order valence-corrected chi connectivity index (χ0v) is 9.27. The van der Waals surface area contributed by atoms with E-state index in [4.69, 9.17) is 0 Å². The van der Waals surface area contributed by atoms with E-state index in [0.29, 0.717) is 0 Å². The minimum absolute atomic E-state index is 0.731. The van der Waals surface area contributed by atoms with Crippen molar-refractivity contribution >= 4 is 0 Å². The minimum atomic E-state index is 0.731. The minimum Gasteiger partial charge on any atom is -0.0622 e. The molecule has 0 saturated heterocycles. The van der Waals surface area contributed by atoms with Crippen LogP contribution in [0.1, 0.15) is 52.9 Å². The van der Waals surface area contributed by atoms with Crippen LogP contribution in [0.4, 0.5) is 0 Å². The lowest BCUT2D eigenvalue weighted by atomic mass is 9.57. The van der Waals surface area contributed by atoms with Crippen molar-refractivity contribution in [3.63, 3.8) is 0 Å². The van der Waals surface area contributed by atoms with E-state index in [2.05, 4.69) is 20.8 Å². The highest BCUT2D eigenvalue weighted by Crippen LogP contribution is 2.78. The molecule has 3 fully saturated rings. The van der Waals surface area contributed by atoms with Crippen molar-refractivity contribution < 1.29 is 0 Å². The Morgan fingerprint density at radius 3 is 2.54 bits per heavy atom. The van der Waals surface area contributed by atoms with Crippen molar-refractivity contribution in [2.24, 2.45) is 28.6 Å². The maximum Gasteiger partial charge on any atom is -0.0210 e. The highest BCUT2D eigenvalue weighted by Gasteiger charge is 2.70. The second-order valence-electron chi connectivity index (χ2n) is 6.32. The number of hydrogen-bond acceptors (Lipinski definition) is 0. The maximum absolute atomic E-state index is 2.60. The molecule has 0 aromatic heterocycles. The molecule has 0 amide bonds. The third-order valence-electron chi connectivity index (χ3n) is 6.29. The van der Waals surface area contributed by atoms with E-state index in [0.717, 1.165) is 28.6 Å². The molecule has 0 N–H and O–H groups in total. The van der Waals surface area contributed by atoms with E-state index >= 15 is 0 Å². The van der Waals surface area contributed by atoms with E-state index < -0.39 is 0 Å². The third-order valence-corrected chi connectivity index (χ3v) is 6.29. The van der Waals surface area contributed by atoms with Crippen LogP contribution in [0.25, 0.3) is 0 Å².